The lowest BCUT2D eigenvalue weighted by Crippen LogP contribution is -1.95. The Labute approximate surface area is 183 Å². The molecule has 0 saturated carbocycles. The molecule has 4 nitrogen and oxygen atoms in total. The summed E-state index contributed by atoms with van der Waals surface area (Å²) in [6, 6.07) is 25.0. The molecule has 0 saturated heterocycles. The predicted octanol–water partition coefficient (Wildman–Crippen LogP) is 7.23. The Morgan fingerprint density at radius 3 is 1.50 bits per heavy atom. The quantitative estimate of drug-likeness (QED) is 0.260. The molecule has 4 heteroatoms. The molecule has 0 spiro atoms. The number of hydrogen-bond donors (Lipinski definition) is 0. The fraction of sp³-hybridized carbons (Fsp3) is 0.143. The van der Waals surface area contributed by atoms with E-state index in [1.165, 1.54) is 0 Å². The summed E-state index contributed by atoms with van der Waals surface area (Å²) >= 11 is 0. The van der Waals surface area contributed by atoms with Gasteiger partial charge >= 0.3 is 0 Å². The van der Waals surface area contributed by atoms with E-state index in [1.54, 1.807) is 0 Å². The molecule has 32 heavy (non-hydrogen) atoms. The molecule has 0 atom stereocenters. The van der Waals surface area contributed by atoms with Gasteiger partial charge < -0.3 is 18.3 Å². The van der Waals surface area contributed by atoms with Gasteiger partial charge in [0, 0.05) is 32.7 Å². The summed E-state index contributed by atoms with van der Waals surface area (Å²) in [7, 11) is 0. The third kappa shape index (κ3) is 2.77. The summed E-state index contributed by atoms with van der Waals surface area (Å²) in [6.07, 6.45) is 0. The molecule has 10 bridgehead atoms. The van der Waals surface area contributed by atoms with Crippen molar-refractivity contribution in [1.82, 2.24) is 0 Å². The highest BCUT2D eigenvalue weighted by molar-refractivity contribution is 6.07. The molecule has 7 rings (SSSR count). The number of benzene rings is 4. The summed E-state index contributed by atoms with van der Waals surface area (Å²) in [5.41, 5.74) is 7.87. The van der Waals surface area contributed by atoms with Crippen molar-refractivity contribution < 1.29 is 18.3 Å². The van der Waals surface area contributed by atoms with Crippen LogP contribution in [0.15, 0.2) is 81.6 Å². The number of ether oxygens (including phenoxy) is 2. The van der Waals surface area contributed by atoms with E-state index in [4.69, 9.17) is 18.3 Å². The Hall–Kier alpha value is -3.60. The van der Waals surface area contributed by atoms with Gasteiger partial charge in [0.25, 0.3) is 0 Å². The fourth-order valence-electron chi connectivity index (χ4n) is 4.77. The maximum Gasteiger partial charge on any atom is 0.140 e. The maximum absolute atomic E-state index is 6.22. The fourth-order valence-corrected chi connectivity index (χ4v) is 4.77. The van der Waals surface area contributed by atoms with E-state index in [0.717, 1.165) is 66.1 Å². The van der Waals surface area contributed by atoms with E-state index in [2.05, 4.69) is 60.7 Å². The van der Waals surface area contributed by atoms with Crippen molar-refractivity contribution >= 4 is 43.9 Å². The van der Waals surface area contributed by atoms with Gasteiger partial charge in [0.1, 0.15) is 22.3 Å². The molecule has 0 unspecified atom stereocenters. The van der Waals surface area contributed by atoms with Crippen molar-refractivity contribution in [2.24, 2.45) is 0 Å². The summed E-state index contributed by atoms with van der Waals surface area (Å²) in [5, 5.41) is 4.43. The lowest BCUT2D eigenvalue weighted by Gasteiger charge is -2.06. The van der Waals surface area contributed by atoms with Crippen LogP contribution in [0, 0.1) is 0 Å². The summed E-state index contributed by atoms with van der Waals surface area (Å²) in [4.78, 5) is 0. The molecule has 1 aliphatic heterocycles. The third-order valence-corrected chi connectivity index (χ3v) is 6.34. The zero-order valence-electron chi connectivity index (χ0n) is 17.4. The average Bonchev–Trinajstić information content (AvgIpc) is 3.38. The van der Waals surface area contributed by atoms with Crippen molar-refractivity contribution in [2.45, 2.75) is 26.4 Å². The molecule has 0 fully saturated rings. The average molecular weight is 420 g/mol. The number of hydrogen-bond acceptors (Lipinski definition) is 4. The van der Waals surface area contributed by atoms with Crippen LogP contribution >= 0.6 is 0 Å². The summed E-state index contributed by atoms with van der Waals surface area (Å²) < 4.78 is 24.7. The topological polar surface area (TPSA) is 44.7 Å². The molecule has 0 aliphatic carbocycles. The monoisotopic (exact) mass is 420 g/mol. The number of rotatable bonds is 0. The first-order valence-corrected chi connectivity index (χ1v) is 10.8. The minimum atomic E-state index is 0.466. The van der Waals surface area contributed by atoms with Crippen LogP contribution in [0.25, 0.3) is 43.9 Å². The van der Waals surface area contributed by atoms with Crippen LogP contribution in [0.1, 0.15) is 22.3 Å². The Morgan fingerprint density at radius 2 is 0.969 bits per heavy atom. The largest absolute Gasteiger partial charge is 0.456 e. The smallest absolute Gasteiger partial charge is 0.140 e. The molecule has 4 aromatic carbocycles. The minimum absolute atomic E-state index is 0.466. The van der Waals surface area contributed by atoms with E-state index >= 15 is 0 Å². The summed E-state index contributed by atoms with van der Waals surface area (Å²) in [5.74, 6) is 0. The second-order valence-electron chi connectivity index (χ2n) is 8.44. The molecular formula is C28H20O4. The maximum atomic E-state index is 6.22. The SMILES string of the molecule is c1cc2c3oc4ccc(cc4c3c1)COCc1ccc3oc4c(cccc4c3c1)COC2. The van der Waals surface area contributed by atoms with Crippen LogP contribution in [0.5, 0.6) is 0 Å². The van der Waals surface area contributed by atoms with Gasteiger partial charge in [-0.25, -0.2) is 0 Å². The molecule has 2 aromatic heterocycles. The van der Waals surface area contributed by atoms with Crippen molar-refractivity contribution in [3.63, 3.8) is 0 Å². The highest BCUT2D eigenvalue weighted by Crippen LogP contribution is 2.34. The van der Waals surface area contributed by atoms with Crippen molar-refractivity contribution in [3.8, 4) is 0 Å². The van der Waals surface area contributed by atoms with Gasteiger partial charge in [-0.2, -0.15) is 0 Å². The van der Waals surface area contributed by atoms with Crippen LogP contribution in [0.3, 0.4) is 0 Å². The van der Waals surface area contributed by atoms with Crippen molar-refractivity contribution in [1.29, 1.82) is 0 Å². The van der Waals surface area contributed by atoms with Crippen LogP contribution in [-0.4, -0.2) is 0 Å². The second-order valence-corrected chi connectivity index (χ2v) is 8.44. The van der Waals surface area contributed by atoms with Crippen LogP contribution in [-0.2, 0) is 35.9 Å². The first-order valence-electron chi connectivity index (χ1n) is 10.8. The third-order valence-electron chi connectivity index (χ3n) is 6.34. The van der Waals surface area contributed by atoms with Gasteiger partial charge in [0.05, 0.1) is 26.4 Å². The van der Waals surface area contributed by atoms with E-state index < -0.39 is 0 Å². The Balaban J connectivity index is 1.39. The number of para-hydroxylation sites is 2. The first-order chi connectivity index (χ1) is 15.8. The van der Waals surface area contributed by atoms with Gasteiger partial charge in [0.15, 0.2) is 0 Å². The van der Waals surface area contributed by atoms with Crippen molar-refractivity contribution in [2.75, 3.05) is 0 Å². The molecular weight excluding hydrogens is 400 g/mol. The molecule has 0 radical (unpaired) electrons. The standard InChI is InChI=1S/C28H20O4/c1-3-19-15-30-16-20-4-2-6-22-24-12-18(8-10-26(24)32-28(20)22)14-29-13-17-7-9-25-23(11-17)21(5-1)27(19)31-25/h1-12H,13-16H2. The van der Waals surface area contributed by atoms with E-state index in [9.17, 15) is 0 Å². The van der Waals surface area contributed by atoms with Crippen LogP contribution in [0.4, 0.5) is 0 Å². The van der Waals surface area contributed by atoms with Gasteiger partial charge in [-0.05, 0) is 35.4 Å². The minimum Gasteiger partial charge on any atom is -0.456 e. The van der Waals surface area contributed by atoms with E-state index in [0.29, 0.717) is 26.4 Å². The van der Waals surface area contributed by atoms with Gasteiger partial charge in [-0.15, -0.1) is 0 Å². The lowest BCUT2D eigenvalue weighted by molar-refractivity contribution is 0.107. The first kappa shape index (κ1) is 18.0. The molecule has 6 aromatic rings. The van der Waals surface area contributed by atoms with Gasteiger partial charge in [-0.3, -0.25) is 0 Å². The number of furan rings is 2. The highest BCUT2D eigenvalue weighted by Gasteiger charge is 2.14. The van der Waals surface area contributed by atoms with E-state index in [-0.39, 0.29) is 0 Å². The zero-order chi connectivity index (χ0) is 21.1. The van der Waals surface area contributed by atoms with Crippen LogP contribution in [0.2, 0.25) is 0 Å². The molecule has 1 aliphatic rings. The van der Waals surface area contributed by atoms with Crippen molar-refractivity contribution in [3.05, 3.63) is 95.1 Å². The van der Waals surface area contributed by atoms with E-state index in [1.807, 2.05) is 12.1 Å². The second kappa shape index (κ2) is 6.95. The Kier molecular flexibility index (Phi) is 3.92. The molecule has 0 N–H and O–H groups in total. The molecule has 0 amide bonds. The Morgan fingerprint density at radius 1 is 0.469 bits per heavy atom. The van der Waals surface area contributed by atoms with Gasteiger partial charge in [0.2, 0.25) is 0 Å². The van der Waals surface area contributed by atoms with Gasteiger partial charge in [-0.1, -0.05) is 48.5 Å². The van der Waals surface area contributed by atoms with Crippen LogP contribution < -0.4 is 0 Å². The highest BCUT2D eigenvalue weighted by atomic mass is 16.5. The zero-order valence-corrected chi connectivity index (χ0v) is 17.4. The molecule has 156 valence electrons. The summed E-state index contributed by atoms with van der Waals surface area (Å²) in [6.45, 7) is 2.02. The predicted molar refractivity (Wildman–Crippen MR) is 124 cm³/mol. The number of fused-ring (bicyclic) bond motifs is 2. The lowest BCUT2D eigenvalue weighted by atomic mass is 10.1. The molecule has 3 heterocycles. The Bertz CT molecular complexity index is 1510. The normalized spacial score (nSPS) is 14.8.